The number of H-pyrrole nitrogens is 2. The van der Waals surface area contributed by atoms with Gasteiger partial charge in [-0.3, -0.25) is 5.32 Å². The van der Waals surface area contributed by atoms with E-state index in [-0.39, 0.29) is 0 Å². The highest BCUT2D eigenvalue weighted by Crippen LogP contribution is 2.38. The molecule has 0 fully saturated rings. The van der Waals surface area contributed by atoms with Crippen LogP contribution in [0.15, 0.2) is 36.5 Å². The summed E-state index contributed by atoms with van der Waals surface area (Å²) in [7, 11) is 5.94. The Balaban J connectivity index is 1.91. The number of aromatic nitrogens is 2. The Morgan fingerprint density at radius 2 is 1.96 bits per heavy atom. The zero-order chi connectivity index (χ0) is 19.0. The van der Waals surface area contributed by atoms with Gasteiger partial charge >= 0.3 is 0 Å². The molecule has 0 atom stereocenters. The first-order chi connectivity index (χ1) is 13.1. The summed E-state index contributed by atoms with van der Waals surface area (Å²) < 4.78 is 5.58. The number of benzene rings is 2. The lowest BCUT2D eigenvalue weighted by Crippen LogP contribution is -2.19. The minimum Gasteiger partial charge on any atom is -0.496 e. The fraction of sp³-hybridized carbons (Fsp3) is 0.318. The third kappa shape index (κ3) is 3.08. The molecule has 0 aliphatic heterocycles. The Morgan fingerprint density at radius 1 is 1.11 bits per heavy atom. The molecule has 5 nitrogen and oxygen atoms in total. The van der Waals surface area contributed by atoms with Gasteiger partial charge in [-0.1, -0.05) is 12.1 Å². The maximum Gasteiger partial charge on any atom is 0.282 e. The number of nitrogens with zero attached hydrogens (tertiary/aromatic N) is 1. The fourth-order valence-electron chi connectivity index (χ4n) is 3.82. The number of fused-ring (bicyclic) bond motifs is 5. The van der Waals surface area contributed by atoms with E-state index >= 15 is 0 Å². The summed E-state index contributed by atoms with van der Waals surface area (Å²) in [5.41, 5.74) is 3.52. The van der Waals surface area contributed by atoms with Gasteiger partial charge < -0.3 is 14.6 Å². The molecule has 27 heavy (non-hydrogen) atoms. The number of anilines is 1. The molecule has 0 amide bonds. The van der Waals surface area contributed by atoms with Gasteiger partial charge in [0.25, 0.3) is 5.82 Å². The molecule has 0 radical (unpaired) electrons. The summed E-state index contributed by atoms with van der Waals surface area (Å²) in [5, 5.41) is 8.39. The Kier molecular flexibility index (Phi) is 4.62. The predicted octanol–water partition coefficient (Wildman–Crippen LogP) is 3.97. The van der Waals surface area contributed by atoms with Crippen LogP contribution >= 0.6 is 0 Å². The van der Waals surface area contributed by atoms with Crippen molar-refractivity contribution in [3.63, 3.8) is 0 Å². The lowest BCUT2D eigenvalue weighted by molar-refractivity contribution is -0.359. The molecule has 4 aromatic rings. The molecule has 0 saturated carbocycles. The van der Waals surface area contributed by atoms with Crippen molar-refractivity contribution in [2.45, 2.75) is 13.3 Å². The Morgan fingerprint density at radius 3 is 2.74 bits per heavy atom. The van der Waals surface area contributed by atoms with Crippen molar-refractivity contribution in [1.29, 1.82) is 0 Å². The van der Waals surface area contributed by atoms with Crippen molar-refractivity contribution in [2.24, 2.45) is 0 Å². The van der Waals surface area contributed by atoms with Crippen LogP contribution < -0.4 is 15.0 Å². The highest BCUT2D eigenvalue weighted by atomic mass is 16.5. The molecule has 5 heteroatoms. The molecule has 0 aliphatic rings. The van der Waals surface area contributed by atoms with Gasteiger partial charge in [0.15, 0.2) is 0 Å². The van der Waals surface area contributed by atoms with E-state index in [0.717, 1.165) is 42.0 Å². The normalized spacial score (nSPS) is 11.7. The maximum absolute atomic E-state index is 5.58. The standard InChI is InChI=1S/C22H26N4O/c1-14-13-24-22(23-11-6-12-26(2)3)20-19-16-7-5-8-18(27-4)15(16)9-10-17(19)25-21(14)20/h5,7-10,13,25H,6,11-12H2,1-4H3,(H,23,24)/p+1. The van der Waals surface area contributed by atoms with Crippen LogP contribution in [0.1, 0.15) is 12.0 Å². The van der Waals surface area contributed by atoms with E-state index in [1.165, 1.54) is 27.2 Å². The van der Waals surface area contributed by atoms with E-state index in [2.05, 4.69) is 71.7 Å². The summed E-state index contributed by atoms with van der Waals surface area (Å²) in [5.74, 6) is 1.97. The van der Waals surface area contributed by atoms with Gasteiger partial charge in [-0.2, -0.15) is 0 Å². The van der Waals surface area contributed by atoms with Crippen molar-refractivity contribution in [1.82, 2.24) is 9.88 Å². The van der Waals surface area contributed by atoms with Crippen molar-refractivity contribution < 1.29 is 9.72 Å². The van der Waals surface area contributed by atoms with Crippen LogP contribution in [0.5, 0.6) is 5.75 Å². The van der Waals surface area contributed by atoms with E-state index < -0.39 is 0 Å². The number of pyridine rings is 1. The van der Waals surface area contributed by atoms with Gasteiger partial charge in [0.1, 0.15) is 5.75 Å². The number of nitrogens with one attached hydrogen (secondary N) is 3. The molecular formula is C22H27N4O+. The molecule has 140 valence electrons. The van der Waals surface area contributed by atoms with Crippen molar-refractivity contribution in [3.8, 4) is 5.75 Å². The summed E-state index contributed by atoms with van der Waals surface area (Å²) in [6.45, 7) is 4.12. The average molecular weight is 363 g/mol. The average Bonchev–Trinajstić information content (AvgIpc) is 3.07. The highest BCUT2D eigenvalue weighted by molar-refractivity contribution is 6.23. The van der Waals surface area contributed by atoms with Gasteiger partial charge in [-0.25, -0.2) is 4.98 Å². The molecule has 2 aromatic carbocycles. The molecule has 0 saturated heterocycles. The first kappa shape index (κ1) is 17.6. The Labute approximate surface area is 159 Å². The third-order valence-corrected chi connectivity index (χ3v) is 5.16. The first-order valence-corrected chi connectivity index (χ1v) is 9.41. The van der Waals surface area contributed by atoms with Crippen LogP contribution in [0.4, 0.5) is 5.82 Å². The van der Waals surface area contributed by atoms with Crippen LogP contribution in [0, 0.1) is 6.92 Å². The van der Waals surface area contributed by atoms with Crippen LogP contribution in [0.3, 0.4) is 0 Å². The largest absolute Gasteiger partial charge is 0.496 e. The third-order valence-electron chi connectivity index (χ3n) is 5.16. The van der Waals surface area contributed by atoms with Crippen molar-refractivity contribution >= 4 is 38.4 Å². The van der Waals surface area contributed by atoms with Gasteiger partial charge in [-0.15, -0.1) is 0 Å². The molecule has 0 bridgehead atoms. The Hall–Kier alpha value is -2.79. The highest BCUT2D eigenvalue weighted by Gasteiger charge is 2.18. The number of hydrogen-bond acceptors (Lipinski definition) is 3. The SMILES string of the molecule is COc1cccc2c1ccc1[nH]c3c(C)c[nH+]c(NCCCN(C)C)c3c12. The lowest BCUT2D eigenvalue weighted by atomic mass is 10.0. The summed E-state index contributed by atoms with van der Waals surface area (Å²) in [4.78, 5) is 9.29. The molecule has 2 heterocycles. The predicted molar refractivity (Wildman–Crippen MR) is 113 cm³/mol. The Bertz CT molecular complexity index is 1110. The van der Waals surface area contributed by atoms with Gasteiger partial charge in [0.2, 0.25) is 0 Å². The molecule has 0 spiro atoms. The number of methoxy groups -OCH3 is 1. The van der Waals surface area contributed by atoms with Crippen LogP contribution in [-0.2, 0) is 0 Å². The molecule has 0 aliphatic carbocycles. The second-order valence-electron chi connectivity index (χ2n) is 7.35. The minimum atomic E-state index is 0.904. The monoisotopic (exact) mass is 363 g/mol. The lowest BCUT2D eigenvalue weighted by Gasteiger charge is -2.09. The maximum atomic E-state index is 5.58. The van der Waals surface area contributed by atoms with Crippen LogP contribution in [0.25, 0.3) is 32.6 Å². The van der Waals surface area contributed by atoms with E-state index in [1.54, 1.807) is 7.11 Å². The van der Waals surface area contributed by atoms with E-state index in [4.69, 9.17) is 4.74 Å². The molecule has 3 N–H and O–H groups in total. The molecule has 4 rings (SSSR count). The summed E-state index contributed by atoms with van der Waals surface area (Å²) in [6.07, 6.45) is 3.15. The number of aromatic amines is 2. The first-order valence-electron chi connectivity index (χ1n) is 9.41. The number of ether oxygens (including phenoxy) is 1. The second-order valence-corrected chi connectivity index (χ2v) is 7.35. The fourth-order valence-corrected chi connectivity index (χ4v) is 3.82. The minimum absolute atomic E-state index is 0.904. The van der Waals surface area contributed by atoms with E-state index in [9.17, 15) is 0 Å². The smallest absolute Gasteiger partial charge is 0.282 e. The molecular weight excluding hydrogens is 336 g/mol. The number of aryl methyl sites for hydroxylation is 1. The summed E-state index contributed by atoms with van der Waals surface area (Å²) in [6, 6.07) is 10.5. The topological polar surface area (TPSA) is 54.4 Å². The summed E-state index contributed by atoms with van der Waals surface area (Å²) >= 11 is 0. The molecule has 0 unspecified atom stereocenters. The van der Waals surface area contributed by atoms with Gasteiger partial charge in [0.05, 0.1) is 30.8 Å². The van der Waals surface area contributed by atoms with Crippen molar-refractivity contribution in [2.75, 3.05) is 39.6 Å². The van der Waals surface area contributed by atoms with Crippen LogP contribution in [0.2, 0.25) is 0 Å². The van der Waals surface area contributed by atoms with Crippen molar-refractivity contribution in [3.05, 3.63) is 42.1 Å². The number of hydrogen-bond donors (Lipinski definition) is 2. The van der Waals surface area contributed by atoms with E-state index in [1.807, 2.05) is 6.07 Å². The second kappa shape index (κ2) is 7.08. The zero-order valence-corrected chi connectivity index (χ0v) is 16.4. The zero-order valence-electron chi connectivity index (χ0n) is 16.4. The van der Waals surface area contributed by atoms with E-state index in [0.29, 0.717) is 0 Å². The number of rotatable bonds is 6. The van der Waals surface area contributed by atoms with Gasteiger partial charge in [-0.05, 0) is 51.0 Å². The quantitative estimate of drug-likeness (QED) is 0.510. The van der Waals surface area contributed by atoms with Gasteiger partial charge in [0, 0.05) is 28.4 Å². The van der Waals surface area contributed by atoms with Crippen LogP contribution in [-0.4, -0.2) is 44.2 Å². The molecule has 2 aromatic heterocycles.